The molecule has 0 aromatic heterocycles. The van der Waals surface area contributed by atoms with E-state index in [0.717, 1.165) is 5.56 Å². The van der Waals surface area contributed by atoms with Crippen LogP contribution in [0.15, 0.2) is 72.8 Å². The van der Waals surface area contributed by atoms with E-state index in [9.17, 15) is 9.59 Å². The van der Waals surface area contributed by atoms with E-state index in [2.05, 4.69) is 10.6 Å². The number of hydrogen-bond donors (Lipinski definition) is 2. The SMILES string of the molecule is O=C1COc2ccc(NC(=O)c3cccc(OCc4ccccc4)c3)cc2N1. The van der Waals surface area contributed by atoms with Crippen molar-refractivity contribution in [2.75, 3.05) is 17.2 Å². The monoisotopic (exact) mass is 374 g/mol. The van der Waals surface area contributed by atoms with Gasteiger partial charge >= 0.3 is 0 Å². The molecule has 0 saturated carbocycles. The van der Waals surface area contributed by atoms with Gasteiger partial charge in [0.1, 0.15) is 18.1 Å². The van der Waals surface area contributed by atoms with Crippen LogP contribution in [0.25, 0.3) is 0 Å². The van der Waals surface area contributed by atoms with E-state index >= 15 is 0 Å². The van der Waals surface area contributed by atoms with E-state index < -0.39 is 0 Å². The Morgan fingerprint density at radius 1 is 1.04 bits per heavy atom. The van der Waals surface area contributed by atoms with Crippen molar-refractivity contribution in [2.45, 2.75) is 6.61 Å². The first kappa shape index (κ1) is 17.6. The third-order valence-electron chi connectivity index (χ3n) is 4.21. The fourth-order valence-corrected chi connectivity index (χ4v) is 2.83. The van der Waals surface area contributed by atoms with Gasteiger partial charge in [-0.15, -0.1) is 0 Å². The molecule has 0 saturated heterocycles. The minimum absolute atomic E-state index is 0.00548. The molecule has 2 amide bonds. The Balaban J connectivity index is 1.43. The summed E-state index contributed by atoms with van der Waals surface area (Å²) in [4.78, 5) is 24.0. The summed E-state index contributed by atoms with van der Waals surface area (Å²) >= 11 is 0. The highest BCUT2D eigenvalue weighted by Gasteiger charge is 2.17. The number of fused-ring (bicyclic) bond motifs is 1. The van der Waals surface area contributed by atoms with Gasteiger partial charge in [0.2, 0.25) is 0 Å². The molecule has 3 aromatic rings. The van der Waals surface area contributed by atoms with Crippen molar-refractivity contribution < 1.29 is 19.1 Å². The smallest absolute Gasteiger partial charge is 0.262 e. The van der Waals surface area contributed by atoms with Crippen LogP contribution in [-0.2, 0) is 11.4 Å². The number of carbonyl (C=O) groups excluding carboxylic acids is 2. The average molecular weight is 374 g/mol. The molecule has 0 spiro atoms. The van der Waals surface area contributed by atoms with Crippen molar-refractivity contribution in [3.05, 3.63) is 83.9 Å². The summed E-state index contributed by atoms with van der Waals surface area (Å²) in [5.41, 5.74) is 2.62. The summed E-state index contributed by atoms with van der Waals surface area (Å²) in [6.07, 6.45) is 0. The van der Waals surface area contributed by atoms with Crippen molar-refractivity contribution in [3.8, 4) is 11.5 Å². The number of hydrogen-bond acceptors (Lipinski definition) is 4. The third-order valence-corrected chi connectivity index (χ3v) is 4.21. The molecule has 1 heterocycles. The molecule has 140 valence electrons. The Bertz CT molecular complexity index is 1020. The van der Waals surface area contributed by atoms with Crippen LogP contribution in [0, 0.1) is 0 Å². The topological polar surface area (TPSA) is 76.7 Å². The Hall–Kier alpha value is -3.80. The van der Waals surface area contributed by atoms with E-state index in [1.807, 2.05) is 36.4 Å². The van der Waals surface area contributed by atoms with E-state index in [4.69, 9.17) is 9.47 Å². The van der Waals surface area contributed by atoms with Gasteiger partial charge in [-0.3, -0.25) is 9.59 Å². The third kappa shape index (κ3) is 4.12. The predicted molar refractivity (Wildman–Crippen MR) is 106 cm³/mol. The molecule has 0 unspecified atom stereocenters. The lowest BCUT2D eigenvalue weighted by Crippen LogP contribution is -2.25. The van der Waals surface area contributed by atoms with Crippen LogP contribution in [-0.4, -0.2) is 18.4 Å². The number of rotatable bonds is 5. The Morgan fingerprint density at radius 2 is 1.89 bits per heavy atom. The molecule has 6 nitrogen and oxygen atoms in total. The number of amides is 2. The number of benzene rings is 3. The second-order valence-electron chi connectivity index (χ2n) is 6.30. The first-order valence-corrected chi connectivity index (χ1v) is 8.82. The van der Waals surface area contributed by atoms with Crippen LogP contribution in [0.5, 0.6) is 11.5 Å². The summed E-state index contributed by atoms with van der Waals surface area (Å²) in [6.45, 7) is 0.422. The number of anilines is 2. The molecule has 1 aliphatic heterocycles. The standard InChI is InChI=1S/C22H18N2O4/c25-21-14-28-20-10-9-17(12-19(20)24-21)23-22(26)16-7-4-8-18(11-16)27-13-15-5-2-1-3-6-15/h1-12H,13-14H2,(H,23,26)(H,24,25). The van der Waals surface area contributed by atoms with Crippen molar-refractivity contribution in [1.82, 2.24) is 0 Å². The Morgan fingerprint density at radius 3 is 2.75 bits per heavy atom. The Kier molecular flexibility index (Phi) is 4.93. The predicted octanol–water partition coefficient (Wildman–Crippen LogP) is 3.85. The first-order valence-electron chi connectivity index (χ1n) is 8.82. The maximum atomic E-state index is 12.6. The fraction of sp³-hybridized carbons (Fsp3) is 0.0909. The minimum atomic E-state index is -0.270. The number of ether oxygens (including phenoxy) is 2. The molecule has 0 aliphatic carbocycles. The summed E-state index contributed by atoms with van der Waals surface area (Å²) in [7, 11) is 0. The van der Waals surface area contributed by atoms with E-state index in [1.165, 1.54) is 0 Å². The van der Waals surface area contributed by atoms with E-state index in [0.29, 0.717) is 35.0 Å². The van der Waals surface area contributed by atoms with Crippen LogP contribution in [0.3, 0.4) is 0 Å². The average Bonchev–Trinajstić information content (AvgIpc) is 2.73. The fourth-order valence-electron chi connectivity index (χ4n) is 2.83. The van der Waals surface area contributed by atoms with Crippen molar-refractivity contribution in [2.24, 2.45) is 0 Å². The molecule has 4 rings (SSSR count). The van der Waals surface area contributed by atoms with Gasteiger partial charge < -0.3 is 20.1 Å². The molecule has 3 aromatic carbocycles. The molecule has 6 heteroatoms. The van der Waals surface area contributed by atoms with Gasteiger partial charge in [0, 0.05) is 11.3 Å². The highest BCUT2D eigenvalue weighted by molar-refractivity contribution is 6.05. The van der Waals surface area contributed by atoms with Crippen LogP contribution >= 0.6 is 0 Å². The van der Waals surface area contributed by atoms with Crippen LogP contribution in [0.4, 0.5) is 11.4 Å². The molecular formula is C22H18N2O4. The lowest BCUT2D eigenvalue weighted by atomic mass is 10.2. The van der Waals surface area contributed by atoms with Gasteiger partial charge in [0.05, 0.1) is 5.69 Å². The maximum absolute atomic E-state index is 12.6. The summed E-state index contributed by atoms with van der Waals surface area (Å²) < 4.78 is 11.1. The highest BCUT2D eigenvalue weighted by Crippen LogP contribution is 2.30. The lowest BCUT2D eigenvalue weighted by Gasteiger charge is -2.18. The van der Waals surface area contributed by atoms with Crippen molar-refractivity contribution in [3.63, 3.8) is 0 Å². The van der Waals surface area contributed by atoms with Crippen LogP contribution < -0.4 is 20.1 Å². The van der Waals surface area contributed by atoms with Crippen LogP contribution in [0.1, 0.15) is 15.9 Å². The molecule has 0 fully saturated rings. The van der Waals surface area contributed by atoms with E-state index in [-0.39, 0.29) is 18.4 Å². The normalized spacial score (nSPS) is 12.4. The van der Waals surface area contributed by atoms with Gasteiger partial charge in [-0.1, -0.05) is 36.4 Å². The second kappa shape index (κ2) is 7.84. The lowest BCUT2D eigenvalue weighted by molar-refractivity contribution is -0.118. The molecule has 0 radical (unpaired) electrons. The van der Waals surface area contributed by atoms with Gasteiger partial charge in [0.15, 0.2) is 6.61 Å². The molecule has 0 atom stereocenters. The van der Waals surface area contributed by atoms with Gasteiger partial charge in [0.25, 0.3) is 11.8 Å². The minimum Gasteiger partial charge on any atom is -0.489 e. The molecule has 28 heavy (non-hydrogen) atoms. The quantitative estimate of drug-likeness (QED) is 0.711. The largest absolute Gasteiger partial charge is 0.489 e. The highest BCUT2D eigenvalue weighted by atomic mass is 16.5. The van der Waals surface area contributed by atoms with Gasteiger partial charge in [-0.05, 0) is 42.0 Å². The zero-order valence-corrected chi connectivity index (χ0v) is 15.0. The van der Waals surface area contributed by atoms with Crippen molar-refractivity contribution in [1.29, 1.82) is 0 Å². The summed E-state index contributed by atoms with van der Waals surface area (Å²) in [5.74, 6) is 0.698. The maximum Gasteiger partial charge on any atom is 0.262 e. The van der Waals surface area contributed by atoms with E-state index in [1.54, 1.807) is 36.4 Å². The molecule has 0 bridgehead atoms. The second-order valence-corrected chi connectivity index (χ2v) is 6.30. The van der Waals surface area contributed by atoms with Gasteiger partial charge in [-0.25, -0.2) is 0 Å². The number of nitrogens with one attached hydrogen (secondary N) is 2. The zero-order valence-electron chi connectivity index (χ0n) is 15.0. The Labute approximate surface area is 162 Å². The molecule has 1 aliphatic rings. The number of carbonyl (C=O) groups is 2. The first-order chi connectivity index (χ1) is 13.7. The molecular weight excluding hydrogens is 356 g/mol. The van der Waals surface area contributed by atoms with Crippen molar-refractivity contribution >= 4 is 23.2 Å². The van der Waals surface area contributed by atoms with Crippen LogP contribution in [0.2, 0.25) is 0 Å². The summed E-state index contributed by atoms with van der Waals surface area (Å²) in [5, 5.41) is 5.54. The van der Waals surface area contributed by atoms with Gasteiger partial charge in [-0.2, -0.15) is 0 Å². The molecule has 2 N–H and O–H groups in total. The zero-order chi connectivity index (χ0) is 19.3. The summed E-state index contributed by atoms with van der Waals surface area (Å²) in [6, 6.07) is 21.9.